The number of aliphatic hydroxyl groups excluding tert-OH is 2. The van der Waals surface area contributed by atoms with E-state index in [0.29, 0.717) is 0 Å². The first-order valence-corrected chi connectivity index (χ1v) is 3.46. The molecule has 0 aromatic heterocycles. The summed E-state index contributed by atoms with van der Waals surface area (Å²) in [6, 6.07) is 0. The summed E-state index contributed by atoms with van der Waals surface area (Å²) in [5.74, 6) is 0. The van der Waals surface area contributed by atoms with Gasteiger partial charge in [-0.15, -0.1) is 23.2 Å². The van der Waals surface area contributed by atoms with Crippen LogP contribution in [0.25, 0.3) is 0 Å². The molecule has 10 heavy (non-hydrogen) atoms. The molecule has 0 unspecified atom stereocenters. The Labute approximate surface area is 71.9 Å². The second kappa shape index (κ2) is 34.0. The molecular formula is C5H16Cl2O3. The fourth-order valence-electron chi connectivity index (χ4n) is 0. The fraction of sp³-hybridized carbons (Fsp3) is 1.00. The molecule has 3 nitrogen and oxygen atoms in total. The van der Waals surface area contributed by atoms with Crippen LogP contribution in [0.5, 0.6) is 0 Å². The van der Waals surface area contributed by atoms with Crippen molar-refractivity contribution in [3.8, 4) is 0 Å². The zero-order valence-corrected chi connectivity index (χ0v) is 7.95. The minimum Gasteiger partial charge on any atom is -0.412 e. The first kappa shape index (κ1) is 22.4. The van der Waals surface area contributed by atoms with Crippen molar-refractivity contribution in [2.24, 2.45) is 0 Å². The molecule has 0 heterocycles. The van der Waals surface area contributed by atoms with Gasteiger partial charge in [0, 0.05) is 13.2 Å². The Hall–Kier alpha value is 0.460. The highest BCUT2D eigenvalue weighted by Gasteiger charge is 1.69. The van der Waals surface area contributed by atoms with Crippen molar-refractivity contribution in [1.29, 1.82) is 0 Å². The molecule has 68 valence electrons. The van der Waals surface area contributed by atoms with Crippen molar-refractivity contribution in [2.45, 2.75) is 20.0 Å². The van der Waals surface area contributed by atoms with E-state index >= 15 is 0 Å². The van der Waals surface area contributed by atoms with Crippen LogP contribution in [0.15, 0.2) is 0 Å². The molecule has 0 fully saturated rings. The van der Waals surface area contributed by atoms with Crippen LogP contribution < -0.4 is 0 Å². The second-order valence-electron chi connectivity index (χ2n) is 1.19. The molecule has 0 aliphatic carbocycles. The molecule has 0 radical (unpaired) electrons. The van der Waals surface area contributed by atoms with Crippen molar-refractivity contribution in [3.63, 3.8) is 0 Å². The third-order valence-electron chi connectivity index (χ3n) is 0. The highest BCUT2D eigenvalue weighted by Crippen LogP contribution is 1.73. The molecular weight excluding hydrogens is 179 g/mol. The lowest BCUT2D eigenvalue weighted by Crippen LogP contribution is -1.85. The SMILES string of the molecule is CC(C)O.CO.ClCCl.O. The molecule has 0 aliphatic rings. The molecule has 0 atom stereocenters. The smallest absolute Gasteiger partial charge is 0.0967 e. The number of halogens is 2. The predicted octanol–water partition coefficient (Wildman–Crippen LogP) is 0.592. The van der Waals surface area contributed by atoms with E-state index in [1.807, 2.05) is 0 Å². The minimum atomic E-state index is -0.167. The second-order valence-corrected chi connectivity index (χ2v) is 2.00. The Bertz CT molecular complexity index is 26.1. The van der Waals surface area contributed by atoms with Gasteiger partial charge in [-0.3, -0.25) is 0 Å². The summed E-state index contributed by atoms with van der Waals surface area (Å²) in [4.78, 5) is 0. The number of alkyl halides is 2. The largest absolute Gasteiger partial charge is 0.412 e. The minimum absolute atomic E-state index is 0. The Morgan fingerprint density at radius 1 is 1.20 bits per heavy atom. The van der Waals surface area contributed by atoms with Crippen LogP contribution >= 0.6 is 23.2 Å². The molecule has 5 heteroatoms. The molecule has 0 rings (SSSR count). The van der Waals surface area contributed by atoms with Gasteiger partial charge in [-0.2, -0.15) is 0 Å². The summed E-state index contributed by atoms with van der Waals surface area (Å²) in [6.45, 7) is 3.44. The summed E-state index contributed by atoms with van der Waals surface area (Å²) in [7, 11) is 1.00. The van der Waals surface area contributed by atoms with Gasteiger partial charge in [-0.1, -0.05) is 0 Å². The molecule has 0 aliphatic heterocycles. The quantitative estimate of drug-likeness (QED) is 0.555. The van der Waals surface area contributed by atoms with Gasteiger partial charge in [-0.25, -0.2) is 0 Å². The van der Waals surface area contributed by atoms with Crippen LogP contribution in [0.2, 0.25) is 0 Å². The lowest BCUT2D eigenvalue weighted by Gasteiger charge is -1.80. The topological polar surface area (TPSA) is 72.0 Å². The number of hydrogen-bond acceptors (Lipinski definition) is 2. The summed E-state index contributed by atoms with van der Waals surface area (Å²) in [5, 5.41) is 15.2. The van der Waals surface area contributed by atoms with Crippen molar-refractivity contribution in [2.75, 3.05) is 12.4 Å². The van der Waals surface area contributed by atoms with Crippen molar-refractivity contribution >= 4 is 23.2 Å². The highest BCUT2D eigenvalue weighted by atomic mass is 35.5. The van der Waals surface area contributed by atoms with E-state index in [9.17, 15) is 0 Å². The number of hydrogen-bond donors (Lipinski definition) is 2. The zero-order chi connectivity index (χ0) is 8.28. The Kier molecular flexibility index (Phi) is 76.4. The van der Waals surface area contributed by atoms with Crippen LogP contribution in [-0.4, -0.2) is 34.2 Å². The summed E-state index contributed by atoms with van der Waals surface area (Å²) >= 11 is 9.53. The standard InChI is InChI=1S/C3H8O.CH2Cl2.CH4O.H2O/c1-3(2)4;2-1-3;1-2;/h3-4H,1-2H3;1H2;2H,1H3;1H2. The van der Waals surface area contributed by atoms with E-state index in [1.165, 1.54) is 0 Å². The van der Waals surface area contributed by atoms with E-state index < -0.39 is 0 Å². The van der Waals surface area contributed by atoms with Gasteiger partial charge in [0.25, 0.3) is 0 Å². The van der Waals surface area contributed by atoms with Gasteiger partial charge in [0.2, 0.25) is 0 Å². The van der Waals surface area contributed by atoms with Crippen molar-refractivity contribution in [3.05, 3.63) is 0 Å². The monoisotopic (exact) mass is 194 g/mol. The van der Waals surface area contributed by atoms with E-state index in [2.05, 4.69) is 0 Å². The fourth-order valence-corrected chi connectivity index (χ4v) is 0. The Morgan fingerprint density at radius 3 is 1.20 bits per heavy atom. The maximum atomic E-state index is 8.06. The number of rotatable bonds is 0. The first-order chi connectivity index (χ1) is 4.15. The average Bonchev–Trinajstić information content (AvgIpc) is 1.71. The van der Waals surface area contributed by atoms with Gasteiger partial charge in [0.15, 0.2) is 0 Å². The number of aliphatic hydroxyl groups is 2. The average molecular weight is 195 g/mol. The van der Waals surface area contributed by atoms with Crippen LogP contribution in [-0.2, 0) is 0 Å². The lowest BCUT2D eigenvalue weighted by atomic mass is 10.5. The Morgan fingerprint density at radius 2 is 1.20 bits per heavy atom. The zero-order valence-electron chi connectivity index (χ0n) is 6.43. The van der Waals surface area contributed by atoms with E-state index in [1.54, 1.807) is 13.8 Å². The van der Waals surface area contributed by atoms with Gasteiger partial charge in [-0.05, 0) is 13.8 Å². The van der Waals surface area contributed by atoms with Crippen molar-refractivity contribution < 1.29 is 15.7 Å². The molecule has 0 bridgehead atoms. The molecule has 0 saturated carbocycles. The van der Waals surface area contributed by atoms with Crippen molar-refractivity contribution in [1.82, 2.24) is 0 Å². The third-order valence-corrected chi connectivity index (χ3v) is 0. The van der Waals surface area contributed by atoms with Crippen LogP contribution in [0.4, 0.5) is 0 Å². The summed E-state index contributed by atoms with van der Waals surface area (Å²) in [6.07, 6.45) is -0.167. The molecule has 0 aromatic carbocycles. The van der Waals surface area contributed by atoms with E-state index in [4.69, 9.17) is 33.4 Å². The van der Waals surface area contributed by atoms with Crippen LogP contribution in [0.1, 0.15) is 13.8 Å². The van der Waals surface area contributed by atoms with Crippen LogP contribution in [0, 0.1) is 0 Å². The molecule has 4 N–H and O–H groups in total. The normalized spacial score (nSPS) is 6.00. The van der Waals surface area contributed by atoms with Gasteiger partial charge >= 0.3 is 0 Å². The maximum absolute atomic E-state index is 8.06. The van der Waals surface area contributed by atoms with Gasteiger partial charge in [0.1, 0.15) is 0 Å². The van der Waals surface area contributed by atoms with Gasteiger partial charge in [0.05, 0.1) is 5.34 Å². The summed E-state index contributed by atoms with van der Waals surface area (Å²) in [5.41, 5.74) is 0. The molecule has 0 saturated heterocycles. The Balaban J connectivity index is -0.0000000273. The summed E-state index contributed by atoms with van der Waals surface area (Å²) < 4.78 is 0. The molecule has 0 amide bonds. The predicted molar refractivity (Wildman–Crippen MR) is 45.7 cm³/mol. The highest BCUT2D eigenvalue weighted by molar-refractivity contribution is 6.40. The molecule has 0 spiro atoms. The lowest BCUT2D eigenvalue weighted by molar-refractivity contribution is 0.216. The first-order valence-electron chi connectivity index (χ1n) is 2.39. The van der Waals surface area contributed by atoms with E-state index in [-0.39, 0.29) is 16.9 Å². The van der Waals surface area contributed by atoms with E-state index in [0.717, 1.165) is 7.11 Å². The maximum Gasteiger partial charge on any atom is 0.0967 e. The third kappa shape index (κ3) is 2230. The molecule has 0 aromatic rings. The van der Waals surface area contributed by atoms with Crippen LogP contribution in [0.3, 0.4) is 0 Å². The van der Waals surface area contributed by atoms with Gasteiger partial charge < -0.3 is 15.7 Å².